The van der Waals surface area contributed by atoms with Crippen molar-refractivity contribution in [1.82, 2.24) is 20.2 Å². The molecule has 6 nitrogen and oxygen atoms in total. The Morgan fingerprint density at radius 1 is 1.36 bits per heavy atom. The fourth-order valence-electron chi connectivity index (χ4n) is 2.67. The maximum atomic E-state index is 5.28. The Bertz CT molecular complexity index is 783. The van der Waals surface area contributed by atoms with Gasteiger partial charge in [-0.1, -0.05) is 23.5 Å². The number of methoxy groups -OCH3 is 1. The highest BCUT2D eigenvalue weighted by Crippen LogP contribution is 2.27. The summed E-state index contributed by atoms with van der Waals surface area (Å²) < 4.78 is 5.28. The number of fused-ring (bicyclic) bond motifs is 1. The highest BCUT2D eigenvalue weighted by atomic mass is 32.1. The van der Waals surface area contributed by atoms with E-state index in [1.165, 1.54) is 0 Å². The molecular formula is C15H15N5OS. The van der Waals surface area contributed by atoms with Crippen molar-refractivity contribution in [2.75, 3.05) is 18.6 Å². The van der Waals surface area contributed by atoms with Gasteiger partial charge in [0.25, 0.3) is 0 Å². The van der Waals surface area contributed by atoms with Gasteiger partial charge in [-0.15, -0.1) is 10.2 Å². The van der Waals surface area contributed by atoms with Crippen molar-refractivity contribution in [3.63, 3.8) is 0 Å². The Balaban J connectivity index is 1.63. The number of anilines is 1. The Labute approximate surface area is 131 Å². The van der Waals surface area contributed by atoms with Crippen LogP contribution in [-0.4, -0.2) is 33.8 Å². The molecule has 4 rings (SSSR count). The molecule has 1 aliphatic rings. The Morgan fingerprint density at radius 3 is 3.14 bits per heavy atom. The molecule has 1 N–H and O–H groups in total. The lowest BCUT2D eigenvalue weighted by molar-refractivity contribution is 0.415. The molecule has 0 unspecified atom stereocenters. The largest absolute Gasteiger partial charge is 0.497 e. The third kappa shape index (κ3) is 2.33. The van der Waals surface area contributed by atoms with Crippen LogP contribution in [0, 0.1) is 0 Å². The number of nitrogens with one attached hydrogen (secondary N) is 1. The summed E-state index contributed by atoms with van der Waals surface area (Å²) in [6.45, 7) is 1.71. The van der Waals surface area contributed by atoms with Crippen molar-refractivity contribution in [2.24, 2.45) is 0 Å². The van der Waals surface area contributed by atoms with Crippen molar-refractivity contribution in [2.45, 2.75) is 13.0 Å². The molecule has 3 aromatic rings. The molecule has 0 saturated carbocycles. The van der Waals surface area contributed by atoms with Crippen molar-refractivity contribution in [3.8, 4) is 17.1 Å². The van der Waals surface area contributed by atoms with Gasteiger partial charge < -0.3 is 14.6 Å². The first-order valence-electron chi connectivity index (χ1n) is 7.07. The van der Waals surface area contributed by atoms with E-state index in [9.17, 15) is 0 Å². The Morgan fingerprint density at radius 2 is 2.32 bits per heavy atom. The standard InChI is InChI=1S/C15H15N5OS/c1-21-11-4-2-3-10(7-11)14-17-12-5-6-20(8-13(12)18-14)15-19-16-9-22-15/h2-4,7,9H,5-6,8H2,1H3,(H,17,18). The molecule has 0 atom stereocenters. The molecule has 0 radical (unpaired) electrons. The summed E-state index contributed by atoms with van der Waals surface area (Å²) in [5.41, 5.74) is 5.09. The van der Waals surface area contributed by atoms with Gasteiger partial charge >= 0.3 is 0 Å². The van der Waals surface area contributed by atoms with Crippen LogP contribution in [0.25, 0.3) is 11.4 Å². The molecule has 3 heterocycles. The first-order chi connectivity index (χ1) is 10.8. The molecule has 2 aromatic heterocycles. The molecule has 1 aliphatic heterocycles. The fraction of sp³-hybridized carbons (Fsp3) is 0.267. The van der Waals surface area contributed by atoms with E-state index in [0.29, 0.717) is 0 Å². The normalized spacial score (nSPS) is 14.0. The minimum absolute atomic E-state index is 0.793. The minimum Gasteiger partial charge on any atom is -0.497 e. The molecule has 0 bridgehead atoms. The Kier molecular flexibility index (Phi) is 3.27. The van der Waals surface area contributed by atoms with E-state index in [1.807, 2.05) is 24.3 Å². The summed E-state index contributed by atoms with van der Waals surface area (Å²) >= 11 is 1.57. The molecule has 7 heteroatoms. The van der Waals surface area contributed by atoms with Crippen LogP contribution < -0.4 is 9.64 Å². The van der Waals surface area contributed by atoms with Crippen LogP contribution in [0.2, 0.25) is 0 Å². The van der Waals surface area contributed by atoms with Crippen molar-refractivity contribution < 1.29 is 4.74 Å². The van der Waals surface area contributed by atoms with Crippen LogP contribution in [0.4, 0.5) is 5.13 Å². The molecule has 0 saturated heterocycles. The monoisotopic (exact) mass is 313 g/mol. The number of aromatic nitrogens is 4. The lowest BCUT2D eigenvalue weighted by Gasteiger charge is -2.24. The van der Waals surface area contributed by atoms with Gasteiger partial charge in [-0.3, -0.25) is 0 Å². The highest BCUT2D eigenvalue weighted by molar-refractivity contribution is 7.13. The number of benzene rings is 1. The van der Waals surface area contributed by atoms with Gasteiger partial charge in [0.05, 0.1) is 25.0 Å². The third-order valence-corrected chi connectivity index (χ3v) is 4.54. The fourth-order valence-corrected chi connectivity index (χ4v) is 3.26. The van der Waals surface area contributed by atoms with Gasteiger partial charge in [-0.05, 0) is 12.1 Å². The smallest absolute Gasteiger partial charge is 0.208 e. The van der Waals surface area contributed by atoms with Gasteiger partial charge in [0.15, 0.2) is 0 Å². The molecule has 0 amide bonds. The SMILES string of the molecule is COc1cccc(-c2nc3c([nH]2)CN(c2nncs2)CC3)c1. The predicted molar refractivity (Wildman–Crippen MR) is 85.2 cm³/mol. The van der Waals surface area contributed by atoms with E-state index in [0.717, 1.165) is 53.2 Å². The van der Waals surface area contributed by atoms with Crippen LogP contribution in [0.5, 0.6) is 5.75 Å². The summed E-state index contributed by atoms with van der Waals surface area (Å²) in [6, 6.07) is 7.94. The van der Waals surface area contributed by atoms with E-state index in [-0.39, 0.29) is 0 Å². The molecule has 0 aliphatic carbocycles. The van der Waals surface area contributed by atoms with E-state index < -0.39 is 0 Å². The number of imidazole rings is 1. The number of aromatic amines is 1. The van der Waals surface area contributed by atoms with Gasteiger partial charge in [0.1, 0.15) is 17.1 Å². The zero-order valence-corrected chi connectivity index (χ0v) is 12.9. The highest BCUT2D eigenvalue weighted by Gasteiger charge is 2.22. The molecule has 1 aromatic carbocycles. The summed E-state index contributed by atoms with van der Waals surface area (Å²) in [6.07, 6.45) is 0.912. The first-order valence-corrected chi connectivity index (χ1v) is 7.95. The van der Waals surface area contributed by atoms with Crippen LogP contribution in [-0.2, 0) is 13.0 Å². The van der Waals surface area contributed by atoms with Crippen molar-refractivity contribution in [1.29, 1.82) is 0 Å². The quantitative estimate of drug-likeness (QED) is 0.804. The second-order valence-corrected chi connectivity index (χ2v) is 5.95. The maximum absolute atomic E-state index is 5.28. The molecule has 0 fully saturated rings. The Hall–Kier alpha value is -2.41. The second-order valence-electron chi connectivity index (χ2n) is 5.14. The summed E-state index contributed by atoms with van der Waals surface area (Å²) in [4.78, 5) is 10.4. The van der Waals surface area contributed by atoms with E-state index in [4.69, 9.17) is 9.72 Å². The number of hydrogen-bond acceptors (Lipinski definition) is 6. The van der Waals surface area contributed by atoms with Gasteiger partial charge in [0, 0.05) is 18.5 Å². The average Bonchev–Trinajstić information content (AvgIpc) is 3.23. The lowest BCUT2D eigenvalue weighted by Crippen LogP contribution is -2.30. The van der Waals surface area contributed by atoms with Gasteiger partial charge in [0.2, 0.25) is 5.13 Å². The zero-order valence-electron chi connectivity index (χ0n) is 12.1. The molecule has 112 valence electrons. The maximum Gasteiger partial charge on any atom is 0.208 e. The van der Waals surface area contributed by atoms with E-state index >= 15 is 0 Å². The van der Waals surface area contributed by atoms with Gasteiger partial charge in [-0.25, -0.2) is 4.98 Å². The van der Waals surface area contributed by atoms with Crippen LogP contribution in [0.15, 0.2) is 29.8 Å². The van der Waals surface area contributed by atoms with Crippen molar-refractivity contribution >= 4 is 16.5 Å². The number of hydrogen-bond donors (Lipinski definition) is 1. The summed E-state index contributed by atoms with van der Waals surface area (Å²) in [5.74, 6) is 1.73. The number of rotatable bonds is 3. The van der Waals surface area contributed by atoms with Crippen LogP contribution in [0.3, 0.4) is 0 Å². The molecule has 22 heavy (non-hydrogen) atoms. The van der Waals surface area contributed by atoms with Gasteiger partial charge in [-0.2, -0.15) is 0 Å². The third-order valence-electron chi connectivity index (χ3n) is 3.79. The molecular weight excluding hydrogens is 298 g/mol. The summed E-state index contributed by atoms with van der Waals surface area (Å²) in [5, 5.41) is 9.02. The summed E-state index contributed by atoms with van der Waals surface area (Å²) in [7, 11) is 1.67. The second kappa shape index (κ2) is 5.42. The van der Waals surface area contributed by atoms with Crippen molar-refractivity contribution in [3.05, 3.63) is 41.2 Å². The topological polar surface area (TPSA) is 66.9 Å². The number of H-pyrrole nitrogens is 1. The van der Waals surface area contributed by atoms with E-state index in [2.05, 4.69) is 20.1 Å². The zero-order chi connectivity index (χ0) is 14.9. The van der Waals surface area contributed by atoms with Crippen LogP contribution >= 0.6 is 11.3 Å². The first kappa shape index (κ1) is 13.3. The number of nitrogens with zero attached hydrogens (tertiary/aromatic N) is 4. The minimum atomic E-state index is 0.793. The molecule has 0 spiro atoms. The average molecular weight is 313 g/mol. The van der Waals surface area contributed by atoms with Crippen LogP contribution in [0.1, 0.15) is 11.4 Å². The lowest BCUT2D eigenvalue weighted by atomic mass is 10.1. The predicted octanol–water partition coefficient (Wildman–Crippen LogP) is 2.50. The van der Waals surface area contributed by atoms with E-state index in [1.54, 1.807) is 24.0 Å². The number of ether oxygens (including phenoxy) is 1.